The molecule has 0 unspecified atom stereocenters. The highest BCUT2D eigenvalue weighted by Gasteiger charge is 2.44. The number of esters is 1. The minimum Gasteiger partial charge on any atom is -0.466 e. The van der Waals surface area contributed by atoms with E-state index in [1.165, 1.54) is 23.5 Å². The molecular formula is C17H17FN2O3S. The molecule has 7 heteroatoms. The fourth-order valence-electron chi connectivity index (χ4n) is 2.57. The highest BCUT2D eigenvalue weighted by Crippen LogP contribution is 2.48. The van der Waals surface area contributed by atoms with E-state index in [9.17, 15) is 14.0 Å². The first-order chi connectivity index (χ1) is 11.6. The van der Waals surface area contributed by atoms with Crippen LogP contribution >= 0.6 is 11.3 Å². The number of aromatic nitrogens is 1. The maximum absolute atomic E-state index is 12.9. The van der Waals surface area contributed by atoms with Crippen LogP contribution in [0.25, 0.3) is 0 Å². The molecule has 0 radical (unpaired) electrons. The number of hydrogen-bond acceptors (Lipinski definition) is 5. The summed E-state index contributed by atoms with van der Waals surface area (Å²) in [6.45, 7) is 2.08. The molecule has 1 aromatic carbocycles. The standard InChI is InChI=1S/C17H17FN2O3S/c1-2-23-15(21)7-12-9-24-17(19-12)20-16(22)14-8-13(14)10-3-5-11(18)6-4-10/h3-6,9,13-14H,2,7-8H2,1H3,(H,19,20,22)/t13-,14+/m0/s1. The Morgan fingerprint density at radius 1 is 1.38 bits per heavy atom. The zero-order chi connectivity index (χ0) is 17.1. The van der Waals surface area contributed by atoms with Gasteiger partial charge in [-0.2, -0.15) is 0 Å². The molecule has 3 rings (SSSR count). The molecule has 0 aliphatic heterocycles. The summed E-state index contributed by atoms with van der Waals surface area (Å²) >= 11 is 1.28. The molecule has 1 N–H and O–H groups in total. The first-order valence-electron chi connectivity index (χ1n) is 7.73. The van der Waals surface area contributed by atoms with Gasteiger partial charge in [0.25, 0.3) is 0 Å². The summed E-state index contributed by atoms with van der Waals surface area (Å²) in [4.78, 5) is 27.9. The van der Waals surface area contributed by atoms with Crippen molar-refractivity contribution in [2.75, 3.05) is 11.9 Å². The van der Waals surface area contributed by atoms with E-state index in [-0.39, 0.29) is 36.0 Å². The van der Waals surface area contributed by atoms with E-state index in [2.05, 4.69) is 10.3 Å². The van der Waals surface area contributed by atoms with Gasteiger partial charge in [0.1, 0.15) is 5.82 Å². The zero-order valence-electron chi connectivity index (χ0n) is 13.1. The minimum absolute atomic E-state index is 0.0960. The number of rotatable bonds is 6. The van der Waals surface area contributed by atoms with Crippen LogP contribution in [0.1, 0.15) is 30.5 Å². The van der Waals surface area contributed by atoms with Crippen molar-refractivity contribution < 1.29 is 18.7 Å². The fourth-order valence-corrected chi connectivity index (χ4v) is 3.28. The summed E-state index contributed by atoms with van der Waals surface area (Å²) in [7, 11) is 0. The van der Waals surface area contributed by atoms with Crippen molar-refractivity contribution in [3.05, 3.63) is 46.7 Å². The Morgan fingerprint density at radius 2 is 2.12 bits per heavy atom. The lowest BCUT2D eigenvalue weighted by Crippen LogP contribution is -2.14. The SMILES string of the molecule is CCOC(=O)Cc1csc(NC(=O)[C@@H]2C[C@H]2c2ccc(F)cc2)n1. The third-order valence-electron chi connectivity index (χ3n) is 3.84. The van der Waals surface area contributed by atoms with Gasteiger partial charge in [-0.05, 0) is 37.0 Å². The second kappa shape index (κ2) is 7.09. The smallest absolute Gasteiger partial charge is 0.311 e. The number of benzene rings is 1. The zero-order valence-corrected chi connectivity index (χ0v) is 13.9. The largest absolute Gasteiger partial charge is 0.466 e. The lowest BCUT2D eigenvalue weighted by Gasteiger charge is -2.02. The third-order valence-corrected chi connectivity index (χ3v) is 4.64. The molecule has 5 nitrogen and oxygen atoms in total. The normalized spacial score (nSPS) is 18.9. The fraction of sp³-hybridized carbons (Fsp3) is 0.353. The van der Waals surface area contributed by atoms with Gasteiger partial charge in [0.05, 0.1) is 18.7 Å². The van der Waals surface area contributed by atoms with Crippen molar-refractivity contribution in [3.63, 3.8) is 0 Å². The monoisotopic (exact) mass is 348 g/mol. The Morgan fingerprint density at radius 3 is 2.83 bits per heavy atom. The molecule has 1 fully saturated rings. The topological polar surface area (TPSA) is 68.3 Å². The van der Waals surface area contributed by atoms with Crippen molar-refractivity contribution in [1.29, 1.82) is 0 Å². The number of ether oxygens (including phenoxy) is 1. The van der Waals surface area contributed by atoms with E-state index < -0.39 is 0 Å². The summed E-state index contributed by atoms with van der Waals surface area (Å²) in [5.74, 6) is -0.699. The second-order valence-electron chi connectivity index (χ2n) is 5.62. The van der Waals surface area contributed by atoms with Crippen LogP contribution < -0.4 is 5.32 Å². The predicted octanol–water partition coefficient (Wildman–Crippen LogP) is 3.13. The van der Waals surface area contributed by atoms with Crippen LogP contribution in [0.3, 0.4) is 0 Å². The number of nitrogens with one attached hydrogen (secondary N) is 1. The van der Waals surface area contributed by atoms with E-state index in [1.807, 2.05) is 0 Å². The minimum atomic E-state index is -0.334. The maximum atomic E-state index is 12.9. The Bertz CT molecular complexity index is 745. The number of anilines is 1. The van der Waals surface area contributed by atoms with E-state index in [4.69, 9.17) is 4.74 Å². The van der Waals surface area contributed by atoms with Crippen LogP contribution in [-0.4, -0.2) is 23.5 Å². The molecule has 0 bridgehead atoms. The van der Waals surface area contributed by atoms with Crippen molar-refractivity contribution in [3.8, 4) is 0 Å². The van der Waals surface area contributed by atoms with Gasteiger partial charge in [0.2, 0.25) is 5.91 Å². The number of hydrogen-bond donors (Lipinski definition) is 1. The molecule has 1 saturated carbocycles. The van der Waals surface area contributed by atoms with Crippen LogP contribution in [0.15, 0.2) is 29.6 Å². The second-order valence-corrected chi connectivity index (χ2v) is 6.47. The molecule has 2 aromatic rings. The Hall–Kier alpha value is -2.28. The summed E-state index contributed by atoms with van der Waals surface area (Å²) in [5.41, 5.74) is 1.55. The maximum Gasteiger partial charge on any atom is 0.311 e. The van der Waals surface area contributed by atoms with Crippen LogP contribution in [0.4, 0.5) is 9.52 Å². The van der Waals surface area contributed by atoms with E-state index >= 15 is 0 Å². The van der Waals surface area contributed by atoms with Gasteiger partial charge < -0.3 is 10.1 Å². The number of carbonyl (C=O) groups excluding carboxylic acids is 2. The van der Waals surface area contributed by atoms with Gasteiger partial charge >= 0.3 is 5.97 Å². The number of thiazole rings is 1. The highest BCUT2D eigenvalue weighted by molar-refractivity contribution is 7.13. The molecule has 0 spiro atoms. The lowest BCUT2D eigenvalue weighted by atomic mass is 10.1. The molecule has 1 aliphatic carbocycles. The number of nitrogens with zero attached hydrogens (tertiary/aromatic N) is 1. The van der Waals surface area contributed by atoms with Gasteiger partial charge in [-0.15, -0.1) is 11.3 Å². The summed E-state index contributed by atoms with van der Waals surface area (Å²) in [6.07, 6.45) is 0.848. The van der Waals surface area contributed by atoms with Gasteiger partial charge in [0, 0.05) is 11.3 Å². The molecule has 1 aliphatic rings. The molecule has 0 saturated heterocycles. The Balaban J connectivity index is 1.54. The Labute approximate surface area is 142 Å². The summed E-state index contributed by atoms with van der Waals surface area (Å²) < 4.78 is 17.8. The molecule has 24 heavy (non-hydrogen) atoms. The summed E-state index contributed by atoms with van der Waals surface area (Å²) in [6, 6.07) is 6.25. The van der Waals surface area contributed by atoms with Gasteiger partial charge in [0.15, 0.2) is 5.13 Å². The number of carbonyl (C=O) groups is 2. The molecule has 1 aromatic heterocycles. The van der Waals surface area contributed by atoms with Crippen molar-refractivity contribution in [2.45, 2.75) is 25.7 Å². The van der Waals surface area contributed by atoms with Crippen LogP contribution in [-0.2, 0) is 20.7 Å². The highest BCUT2D eigenvalue weighted by atomic mass is 32.1. The first kappa shape index (κ1) is 16.6. The number of amides is 1. The van der Waals surface area contributed by atoms with E-state index in [1.54, 1.807) is 24.4 Å². The van der Waals surface area contributed by atoms with Crippen molar-refractivity contribution >= 4 is 28.3 Å². The Kier molecular flexibility index (Phi) is 4.89. The summed E-state index contributed by atoms with van der Waals surface area (Å²) in [5, 5.41) is 4.99. The first-order valence-corrected chi connectivity index (χ1v) is 8.61. The van der Waals surface area contributed by atoms with Crippen molar-refractivity contribution in [2.24, 2.45) is 5.92 Å². The molecule has 1 heterocycles. The molecule has 2 atom stereocenters. The third kappa shape index (κ3) is 3.97. The van der Waals surface area contributed by atoms with Crippen molar-refractivity contribution in [1.82, 2.24) is 4.98 Å². The quantitative estimate of drug-likeness (QED) is 0.815. The average Bonchev–Trinajstić information content (AvgIpc) is 3.24. The number of halogens is 1. The molecule has 126 valence electrons. The molecular weight excluding hydrogens is 331 g/mol. The predicted molar refractivity (Wildman–Crippen MR) is 88.3 cm³/mol. The lowest BCUT2D eigenvalue weighted by molar-refractivity contribution is -0.142. The molecule has 1 amide bonds. The van der Waals surface area contributed by atoms with E-state index in [0.717, 1.165) is 12.0 Å². The van der Waals surface area contributed by atoms with E-state index in [0.29, 0.717) is 17.4 Å². The van der Waals surface area contributed by atoms with Gasteiger partial charge in [-0.1, -0.05) is 12.1 Å². The average molecular weight is 348 g/mol. The van der Waals surface area contributed by atoms with Crippen LogP contribution in [0.5, 0.6) is 0 Å². The van der Waals surface area contributed by atoms with Crippen LogP contribution in [0, 0.1) is 11.7 Å². The van der Waals surface area contributed by atoms with Gasteiger partial charge in [-0.3, -0.25) is 9.59 Å². The van der Waals surface area contributed by atoms with Crippen LogP contribution in [0.2, 0.25) is 0 Å². The van der Waals surface area contributed by atoms with Gasteiger partial charge in [-0.25, -0.2) is 9.37 Å².